The van der Waals surface area contributed by atoms with Gasteiger partial charge in [-0.05, 0) is 24.6 Å². The number of carbonyl (C=O) groups excluding carboxylic acids is 1. The van der Waals surface area contributed by atoms with Gasteiger partial charge in [-0.2, -0.15) is 10.00 Å². The van der Waals surface area contributed by atoms with Crippen LogP contribution in [0.4, 0.5) is 0 Å². The first-order valence-corrected chi connectivity index (χ1v) is 6.75. The van der Waals surface area contributed by atoms with Crippen molar-refractivity contribution in [3.63, 3.8) is 0 Å². The van der Waals surface area contributed by atoms with Crippen LogP contribution in [0.1, 0.15) is 18.9 Å². The monoisotopic (exact) mass is 284 g/mol. The second kappa shape index (κ2) is 4.46. The zero-order valence-corrected chi connectivity index (χ0v) is 12.4. The van der Waals surface area contributed by atoms with E-state index in [1.165, 1.54) is 4.90 Å². The molecule has 1 aromatic carbocycles. The Morgan fingerprint density at radius 2 is 2.19 bits per heavy atom. The van der Waals surface area contributed by atoms with E-state index in [0.29, 0.717) is 12.4 Å². The number of fused-ring (bicyclic) bond motifs is 1. The van der Waals surface area contributed by atoms with Crippen LogP contribution in [-0.4, -0.2) is 40.3 Å². The van der Waals surface area contributed by atoms with Crippen molar-refractivity contribution in [1.82, 2.24) is 24.7 Å². The van der Waals surface area contributed by atoms with E-state index in [4.69, 9.17) is 0 Å². The van der Waals surface area contributed by atoms with Crippen molar-refractivity contribution in [3.8, 4) is 0 Å². The maximum absolute atomic E-state index is 12.2. The summed E-state index contributed by atoms with van der Waals surface area (Å²) in [6.45, 7) is 5.53. The van der Waals surface area contributed by atoms with Crippen molar-refractivity contribution in [2.75, 3.05) is 7.05 Å². The van der Waals surface area contributed by atoms with E-state index < -0.39 is 5.54 Å². The van der Waals surface area contributed by atoms with E-state index in [2.05, 4.69) is 27.9 Å². The van der Waals surface area contributed by atoms with E-state index in [1.54, 1.807) is 7.05 Å². The number of amides is 1. The van der Waals surface area contributed by atoms with E-state index >= 15 is 0 Å². The van der Waals surface area contributed by atoms with Gasteiger partial charge in [-0.25, -0.2) is 0 Å². The maximum Gasteiger partial charge on any atom is 0.448 e. The molecule has 1 aromatic heterocycles. The van der Waals surface area contributed by atoms with Gasteiger partial charge in [0.15, 0.2) is 0 Å². The first-order chi connectivity index (χ1) is 9.94. The molecule has 21 heavy (non-hydrogen) atoms. The van der Waals surface area contributed by atoms with E-state index in [0.717, 1.165) is 16.5 Å². The number of nitrogens with zero attached hydrogens (tertiary/aromatic N) is 4. The van der Waals surface area contributed by atoms with Crippen molar-refractivity contribution >= 4 is 29.5 Å². The summed E-state index contributed by atoms with van der Waals surface area (Å²) in [4.78, 5) is 13.7. The van der Waals surface area contributed by atoms with Gasteiger partial charge in [-0.15, -0.1) is 0 Å². The Balaban J connectivity index is 2.07. The largest absolute Gasteiger partial charge is 0.448 e. The lowest BCUT2D eigenvalue weighted by atomic mass is 9.86. The van der Waals surface area contributed by atoms with Crippen molar-refractivity contribution in [3.05, 3.63) is 30.0 Å². The molecule has 1 N–H and O–H groups in total. The summed E-state index contributed by atoms with van der Waals surface area (Å²) in [6.07, 6.45) is 2.20. The highest BCUT2D eigenvalue weighted by Gasteiger charge is 2.45. The number of carbonyl (C=O) groups is 1. The molecule has 2 aromatic rings. The molecule has 2 heterocycles. The normalized spacial score (nSPS) is 22.3. The third kappa shape index (κ3) is 2.00. The predicted molar refractivity (Wildman–Crippen MR) is 82.9 cm³/mol. The standard InChI is InChI=1S/C15H17N5O/c1-15(8-13(21)19(3)14(16-2)18-15)11-5-6-12-10(7-11)9-17-20(12)4/h5-7,9H,2,8H2,1,3-4H3/p+1/t15-/m0/s1. The number of aromatic nitrogens is 2. The summed E-state index contributed by atoms with van der Waals surface area (Å²) < 4.78 is 5.74. The quantitative estimate of drug-likeness (QED) is 0.607. The first-order valence-electron chi connectivity index (χ1n) is 6.75. The average Bonchev–Trinajstić information content (AvgIpc) is 2.84. The Hall–Kier alpha value is -2.59. The molecule has 1 fully saturated rings. The number of aryl methyl sites for hydroxylation is 1. The Morgan fingerprint density at radius 1 is 1.43 bits per heavy atom. The molecule has 1 aliphatic heterocycles. The summed E-state index contributed by atoms with van der Waals surface area (Å²) in [5, 5.41) is 8.62. The highest BCUT2D eigenvalue weighted by atomic mass is 16.2. The lowest BCUT2D eigenvalue weighted by molar-refractivity contribution is -0.129. The Kier molecular flexibility index (Phi) is 2.85. The molecule has 0 radical (unpaired) electrons. The third-order valence-corrected chi connectivity index (χ3v) is 4.12. The minimum atomic E-state index is -0.496. The van der Waals surface area contributed by atoms with Gasteiger partial charge in [-0.3, -0.25) is 19.5 Å². The van der Waals surface area contributed by atoms with Gasteiger partial charge in [0.1, 0.15) is 12.3 Å². The predicted octanol–water partition coefficient (Wildman–Crippen LogP) is 0.364. The topological polar surface area (TPSA) is 64.3 Å². The zero-order chi connectivity index (χ0) is 15.2. The van der Waals surface area contributed by atoms with E-state index in [1.807, 2.05) is 37.0 Å². The summed E-state index contributed by atoms with van der Waals surface area (Å²) in [5.74, 6) is 0.505. The molecule has 1 atom stereocenters. The van der Waals surface area contributed by atoms with Crippen LogP contribution in [0.25, 0.3) is 10.9 Å². The fourth-order valence-electron chi connectivity index (χ4n) is 2.74. The number of hydrogen-bond acceptors (Lipinski definition) is 2. The molecular weight excluding hydrogens is 266 g/mol. The average molecular weight is 284 g/mol. The highest BCUT2D eigenvalue weighted by molar-refractivity contribution is 6.00. The second-order valence-corrected chi connectivity index (χ2v) is 5.61. The van der Waals surface area contributed by atoms with Crippen LogP contribution in [0.15, 0.2) is 24.4 Å². The van der Waals surface area contributed by atoms with Gasteiger partial charge >= 0.3 is 5.96 Å². The van der Waals surface area contributed by atoms with Crippen LogP contribution in [-0.2, 0) is 17.4 Å². The lowest BCUT2D eigenvalue weighted by Crippen LogP contribution is -2.59. The fraction of sp³-hybridized carbons (Fsp3) is 0.333. The van der Waals surface area contributed by atoms with Gasteiger partial charge in [0.05, 0.1) is 25.2 Å². The Labute approximate surface area is 122 Å². The molecule has 0 saturated carbocycles. The number of hydrogen-bond donors (Lipinski definition) is 1. The molecule has 6 nitrogen and oxygen atoms in total. The smallest absolute Gasteiger partial charge is 0.268 e. The maximum atomic E-state index is 12.2. The number of benzene rings is 1. The van der Waals surface area contributed by atoms with Crippen LogP contribution >= 0.6 is 0 Å². The van der Waals surface area contributed by atoms with Gasteiger partial charge in [0, 0.05) is 12.4 Å². The van der Waals surface area contributed by atoms with Gasteiger partial charge in [0.25, 0.3) is 5.91 Å². The van der Waals surface area contributed by atoms with Gasteiger partial charge < -0.3 is 0 Å². The molecule has 6 heteroatoms. The molecule has 108 valence electrons. The van der Waals surface area contributed by atoms with E-state index in [-0.39, 0.29) is 5.91 Å². The lowest BCUT2D eigenvalue weighted by Gasteiger charge is -2.33. The molecule has 1 aliphatic rings. The van der Waals surface area contributed by atoms with Gasteiger partial charge in [0.2, 0.25) is 0 Å². The number of guanidine groups is 1. The summed E-state index contributed by atoms with van der Waals surface area (Å²) in [7, 11) is 3.61. The molecule has 0 spiro atoms. The van der Waals surface area contributed by atoms with Crippen molar-refractivity contribution in [1.29, 1.82) is 0 Å². The van der Waals surface area contributed by atoms with Crippen LogP contribution in [0.5, 0.6) is 0 Å². The van der Waals surface area contributed by atoms with Crippen LogP contribution in [0.2, 0.25) is 0 Å². The second-order valence-electron chi connectivity index (χ2n) is 5.61. The van der Waals surface area contributed by atoms with Crippen LogP contribution < -0.4 is 9.98 Å². The molecule has 0 unspecified atom stereocenters. The van der Waals surface area contributed by atoms with E-state index in [9.17, 15) is 4.79 Å². The minimum Gasteiger partial charge on any atom is -0.268 e. The van der Waals surface area contributed by atoms with Crippen molar-refractivity contribution in [2.24, 2.45) is 7.05 Å². The molecule has 0 aliphatic carbocycles. The summed E-state index contributed by atoms with van der Waals surface area (Å²) >= 11 is 0. The molecular formula is C15H18N5O+. The van der Waals surface area contributed by atoms with Crippen molar-refractivity contribution in [2.45, 2.75) is 18.9 Å². The van der Waals surface area contributed by atoms with Crippen LogP contribution in [0.3, 0.4) is 0 Å². The minimum absolute atomic E-state index is 0.0185. The summed E-state index contributed by atoms with van der Waals surface area (Å²) in [5.41, 5.74) is 1.60. The zero-order valence-electron chi connectivity index (χ0n) is 12.4. The molecule has 1 saturated heterocycles. The van der Waals surface area contributed by atoms with Gasteiger partial charge in [-0.1, -0.05) is 6.07 Å². The fourth-order valence-corrected chi connectivity index (χ4v) is 2.74. The Morgan fingerprint density at radius 3 is 2.90 bits per heavy atom. The highest BCUT2D eigenvalue weighted by Crippen LogP contribution is 2.30. The summed E-state index contributed by atoms with van der Waals surface area (Å²) in [6, 6.07) is 6.11. The van der Waals surface area contributed by atoms with Crippen LogP contribution in [0, 0.1) is 0 Å². The number of nitrogens with one attached hydrogen (secondary N) is 1. The molecule has 0 bridgehead atoms. The molecule has 3 rings (SSSR count). The first kappa shape index (κ1) is 13.4. The Bertz CT molecular complexity index is 786. The molecule has 1 amide bonds. The van der Waals surface area contributed by atoms with Crippen molar-refractivity contribution < 1.29 is 4.79 Å². The SMILES string of the molecule is C=[N+]=C1N[C@](C)(c2ccc3c(cnn3C)c2)CC(=O)N1C. The number of rotatable bonds is 1. The third-order valence-electron chi connectivity index (χ3n) is 4.12.